The first kappa shape index (κ1) is 18.3. The average Bonchev–Trinajstić information content (AvgIpc) is 3.09. The highest BCUT2D eigenvalue weighted by atomic mass is 19.1. The van der Waals surface area contributed by atoms with Gasteiger partial charge in [-0.25, -0.2) is 4.39 Å². The van der Waals surface area contributed by atoms with Gasteiger partial charge in [-0.15, -0.1) is 0 Å². The fraction of sp³-hybridized carbons (Fsp3) is 0.429. The van der Waals surface area contributed by atoms with E-state index in [1.807, 2.05) is 31.3 Å². The molecule has 0 radical (unpaired) electrons. The van der Waals surface area contributed by atoms with Crippen molar-refractivity contribution in [3.05, 3.63) is 47.8 Å². The molecule has 29 heavy (non-hydrogen) atoms. The Bertz CT molecular complexity index is 1040. The van der Waals surface area contributed by atoms with E-state index >= 15 is 0 Å². The van der Waals surface area contributed by atoms with Gasteiger partial charge in [-0.05, 0) is 25.1 Å². The number of fused-ring (bicyclic) bond motifs is 2. The van der Waals surface area contributed by atoms with Gasteiger partial charge in [0.25, 0.3) is 0 Å². The number of benzene rings is 2. The molecule has 3 heterocycles. The molecule has 0 bridgehead atoms. The lowest BCUT2D eigenvalue weighted by atomic mass is 9.94. The van der Waals surface area contributed by atoms with Crippen molar-refractivity contribution in [1.29, 1.82) is 0 Å². The number of halogens is 1. The second kappa shape index (κ2) is 7.27. The Hall–Kier alpha value is -2.71. The molecule has 2 aliphatic heterocycles. The Balaban J connectivity index is 1.55. The predicted octanol–water partition coefficient (Wildman–Crippen LogP) is 2.74. The fourth-order valence-corrected chi connectivity index (χ4v) is 4.33. The maximum atomic E-state index is 13.8. The van der Waals surface area contributed by atoms with E-state index in [0.29, 0.717) is 19.0 Å². The molecule has 2 aromatic carbocycles. The molecule has 7 nitrogen and oxygen atoms in total. The van der Waals surface area contributed by atoms with E-state index < -0.39 is 0 Å². The molecule has 3 atom stereocenters. The maximum absolute atomic E-state index is 13.8. The van der Waals surface area contributed by atoms with Crippen LogP contribution in [0.1, 0.15) is 18.5 Å². The van der Waals surface area contributed by atoms with Crippen LogP contribution in [0.5, 0.6) is 5.75 Å². The Kier molecular flexibility index (Phi) is 4.60. The number of aromatic nitrogens is 3. The van der Waals surface area contributed by atoms with Crippen LogP contribution in [0.15, 0.2) is 36.4 Å². The number of anilines is 1. The minimum absolute atomic E-state index is 0.0720. The first-order valence-electron chi connectivity index (χ1n) is 9.93. The normalized spacial score (nSPS) is 24.9. The summed E-state index contributed by atoms with van der Waals surface area (Å²) in [6, 6.07) is 10.7. The fourth-order valence-electron chi connectivity index (χ4n) is 4.33. The molecular weight excluding hydrogens is 373 g/mol. The number of morpholine rings is 1. The minimum Gasteiger partial charge on any atom is -0.491 e. The van der Waals surface area contributed by atoms with Crippen LogP contribution in [-0.2, 0) is 11.8 Å². The van der Waals surface area contributed by atoms with Crippen LogP contribution in [0, 0.1) is 5.82 Å². The third-order valence-electron chi connectivity index (χ3n) is 5.67. The summed E-state index contributed by atoms with van der Waals surface area (Å²) in [7, 11) is 1.81. The molecule has 0 amide bonds. The van der Waals surface area contributed by atoms with E-state index in [4.69, 9.17) is 9.47 Å². The third-order valence-corrected chi connectivity index (χ3v) is 5.67. The zero-order chi connectivity index (χ0) is 20.0. The smallest absolute Gasteiger partial charge is 0.136 e. The molecule has 1 fully saturated rings. The van der Waals surface area contributed by atoms with E-state index in [1.165, 1.54) is 12.1 Å². The van der Waals surface area contributed by atoms with E-state index in [1.54, 1.807) is 4.80 Å². The van der Waals surface area contributed by atoms with Crippen molar-refractivity contribution in [3.63, 3.8) is 0 Å². The Morgan fingerprint density at radius 1 is 1.21 bits per heavy atom. The predicted molar refractivity (Wildman–Crippen MR) is 108 cm³/mol. The van der Waals surface area contributed by atoms with Gasteiger partial charge in [0.05, 0.1) is 30.5 Å². The lowest BCUT2D eigenvalue weighted by Gasteiger charge is -2.44. The zero-order valence-corrected chi connectivity index (χ0v) is 16.5. The molecule has 0 spiro atoms. The standard InChI is InChI=1S/C21H24FN5O2/c1-13-11-27(8-9-28-13)18-12-29-19-10-14(22)6-7-15(19)20(18)23-16-4-3-5-17-21(16)25-26(2)24-17/h3-7,10,13,18,20,23H,8-9,11-12H2,1-2H3/t13-,18+,20+/m1/s1. The van der Waals surface area contributed by atoms with Crippen LogP contribution in [0.4, 0.5) is 10.1 Å². The lowest BCUT2D eigenvalue weighted by Crippen LogP contribution is -2.54. The van der Waals surface area contributed by atoms with Gasteiger partial charge in [0.15, 0.2) is 0 Å². The van der Waals surface area contributed by atoms with Gasteiger partial charge in [0.2, 0.25) is 0 Å². The number of nitrogens with one attached hydrogen (secondary N) is 1. The Morgan fingerprint density at radius 2 is 2.10 bits per heavy atom. The first-order valence-corrected chi connectivity index (χ1v) is 9.93. The summed E-state index contributed by atoms with van der Waals surface area (Å²) in [6.07, 6.45) is 0.169. The molecule has 0 aliphatic carbocycles. The maximum Gasteiger partial charge on any atom is 0.136 e. The summed E-state index contributed by atoms with van der Waals surface area (Å²) in [6.45, 7) is 4.93. The van der Waals surface area contributed by atoms with Crippen LogP contribution < -0.4 is 10.1 Å². The number of hydrogen-bond acceptors (Lipinski definition) is 6. The summed E-state index contributed by atoms with van der Waals surface area (Å²) in [5.74, 6) is 0.295. The van der Waals surface area contributed by atoms with Crippen molar-refractivity contribution >= 4 is 16.7 Å². The molecule has 0 unspecified atom stereocenters. The monoisotopic (exact) mass is 397 g/mol. The molecule has 152 valence electrons. The highest BCUT2D eigenvalue weighted by molar-refractivity contribution is 5.87. The van der Waals surface area contributed by atoms with Crippen LogP contribution in [0.25, 0.3) is 11.0 Å². The van der Waals surface area contributed by atoms with Gasteiger partial charge in [0, 0.05) is 31.8 Å². The summed E-state index contributed by atoms with van der Waals surface area (Å²) >= 11 is 0. The van der Waals surface area contributed by atoms with E-state index in [-0.39, 0.29) is 24.0 Å². The van der Waals surface area contributed by atoms with Crippen molar-refractivity contribution in [2.75, 3.05) is 31.6 Å². The van der Waals surface area contributed by atoms with Gasteiger partial charge in [-0.2, -0.15) is 15.0 Å². The zero-order valence-electron chi connectivity index (χ0n) is 16.5. The number of ether oxygens (including phenoxy) is 2. The largest absolute Gasteiger partial charge is 0.491 e. The summed E-state index contributed by atoms with van der Waals surface area (Å²) in [4.78, 5) is 3.97. The highest BCUT2D eigenvalue weighted by Gasteiger charge is 2.37. The summed E-state index contributed by atoms with van der Waals surface area (Å²) in [5, 5.41) is 12.6. The minimum atomic E-state index is -0.294. The van der Waals surface area contributed by atoms with Crippen LogP contribution >= 0.6 is 0 Å². The van der Waals surface area contributed by atoms with Gasteiger partial charge < -0.3 is 14.8 Å². The SMILES string of the molecule is C[C@@H]1CN([C@H]2COc3cc(F)ccc3[C@@H]2Nc2cccc3nn(C)nc23)CCO1. The van der Waals surface area contributed by atoms with E-state index in [2.05, 4.69) is 27.3 Å². The summed E-state index contributed by atoms with van der Waals surface area (Å²) < 4.78 is 25.5. The quantitative estimate of drug-likeness (QED) is 0.733. The number of nitrogens with zero attached hydrogens (tertiary/aromatic N) is 4. The average molecular weight is 397 g/mol. The van der Waals surface area contributed by atoms with Gasteiger partial charge in [-0.3, -0.25) is 4.90 Å². The van der Waals surface area contributed by atoms with E-state index in [9.17, 15) is 4.39 Å². The van der Waals surface area contributed by atoms with Crippen molar-refractivity contribution in [1.82, 2.24) is 19.9 Å². The number of rotatable bonds is 3. The Labute approximate surface area is 168 Å². The first-order chi connectivity index (χ1) is 14.1. The highest BCUT2D eigenvalue weighted by Crippen LogP contribution is 2.38. The topological polar surface area (TPSA) is 64.4 Å². The van der Waals surface area contributed by atoms with Gasteiger partial charge in [0.1, 0.15) is 29.2 Å². The molecule has 1 N–H and O–H groups in total. The molecule has 3 aromatic rings. The molecular formula is C21H24FN5O2. The number of aryl methyl sites for hydroxylation is 1. The molecule has 1 aromatic heterocycles. The van der Waals surface area contributed by atoms with Crippen molar-refractivity contribution in [3.8, 4) is 5.75 Å². The van der Waals surface area contributed by atoms with Gasteiger partial charge in [-0.1, -0.05) is 12.1 Å². The molecule has 1 saturated heterocycles. The van der Waals surface area contributed by atoms with Crippen LogP contribution in [0.2, 0.25) is 0 Å². The third kappa shape index (κ3) is 3.42. The Morgan fingerprint density at radius 3 is 2.97 bits per heavy atom. The van der Waals surface area contributed by atoms with Crippen molar-refractivity contribution in [2.45, 2.75) is 25.1 Å². The van der Waals surface area contributed by atoms with E-state index in [0.717, 1.165) is 35.4 Å². The second-order valence-corrected chi connectivity index (χ2v) is 7.72. The second-order valence-electron chi connectivity index (χ2n) is 7.72. The van der Waals surface area contributed by atoms with Crippen molar-refractivity contribution in [2.24, 2.45) is 7.05 Å². The van der Waals surface area contributed by atoms with Gasteiger partial charge >= 0.3 is 0 Å². The van der Waals surface area contributed by atoms with Crippen LogP contribution in [-0.4, -0.2) is 58.3 Å². The lowest BCUT2D eigenvalue weighted by molar-refractivity contribution is -0.0465. The molecule has 8 heteroatoms. The summed E-state index contributed by atoms with van der Waals surface area (Å²) in [5.41, 5.74) is 3.51. The van der Waals surface area contributed by atoms with Crippen molar-refractivity contribution < 1.29 is 13.9 Å². The molecule has 2 aliphatic rings. The molecule has 0 saturated carbocycles. The molecule has 5 rings (SSSR count). The number of hydrogen-bond donors (Lipinski definition) is 1. The van der Waals surface area contributed by atoms with Crippen LogP contribution in [0.3, 0.4) is 0 Å².